The predicted molar refractivity (Wildman–Crippen MR) is 174 cm³/mol. The maximum absolute atomic E-state index is 12.4. The molecule has 4 aromatic rings. The number of pyridine rings is 1. The van der Waals surface area contributed by atoms with Gasteiger partial charge in [0, 0.05) is 49.7 Å². The van der Waals surface area contributed by atoms with Gasteiger partial charge in [-0.25, -0.2) is 19.7 Å². The van der Waals surface area contributed by atoms with Gasteiger partial charge < -0.3 is 44.3 Å². The van der Waals surface area contributed by atoms with Crippen LogP contribution in [-0.4, -0.2) is 111 Å². The summed E-state index contributed by atoms with van der Waals surface area (Å²) in [4.78, 5) is 65.5. The minimum absolute atomic E-state index is 0.0406. The van der Waals surface area contributed by atoms with Crippen LogP contribution in [0.2, 0.25) is 0 Å². The number of nitrogens with one attached hydrogen (secondary N) is 2. The van der Waals surface area contributed by atoms with Gasteiger partial charge >= 0.3 is 12.4 Å². The maximum atomic E-state index is 12.4. The number of nitrogens with zero attached hydrogens (tertiary/aromatic N) is 6. The monoisotopic (exact) mass is 736 g/mol. The molecule has 0 aliphatic carbocycles. The van der Waals surface area contributed by atoms with Gasteiger partial charge in [0.1, 0.15) is 42.7 Å². The van der Waals surface area contributed by atoms with E-state index in [0.717, 1.165) is 10.6 Å². The highest BCUT2D eigenvalue weighted by atomic mass is 32.5. The molecule has 4 aromatic heterocycles. The Hall–Kier alpha value is -4.02. The fourth-order valence-electron chi connectivity index (χ4n) is 5.78. The first-order chi connectivity index (χ1) is 23.9. The Morgan fingerprint density at radius 3 is 2.70 bits per heavy atom. The molecule has 8 atom stereocenters. The van der Waals surface area contributed by atoms with E-state index in [2.05, 4.69) is 30.2 Å². The lowest BCUT2D eigenvalue weighted by Gasteiger charge is -2.27. The van der Waals surface area contributed by atoms with Crippen LogP contribution in [0.15, 0.2) is 40.7 Å². The van der Waals surface area contributed by atoms with Crippen LogP contribution in [0.3, 0.4) is 0 Å². The molecule has 0 spiro atoms. The van der Waals surface area contributed by atoms with Crippen LogP contribution in [0.1, 0.15) is 40.5 Å². The number of aromatic hydroxyl groups is 1. The van der Waals surface area contributed by atoms with Crippen molar-refractivity contribution >= 4 is 41.8 Å². The number of carbonyl (C=O) groups excluding carboxylic acids is 1. The summed E-state index contributed by atoms with van der Waals surface area (Å²) in [5, 5.41) is 34.3. The first-order valence-electron chi connectivity index (χ1n) is 15.1. The SMILES string of the molecule is CO[C@H]1C(OP(O)(=S)OC[C@H]2O[C@@H](n3cnc4c(NCc5c(C=O)cnc(C)c5O)ncnc43)CC2O)[C@@H](CO)O[C@H]1n1ccc(=O)[nH]c1=O. The Morgan fingerprint density at radius 2 is 1.98 bits per heavy atom. The number of carbonyl (C=O) groups is 1. The molecule has 6 rings (SSSR count). The Labute approximate surface area is 286 Å². The highest BCUT2D eigenvalue weighted by Gasteiger charge is 2.49. The van der Waals surface area contributed by atoms with E-state index in [1.807, 2.05) is 0 Å². The molecule has 0 saturated carbocycles. The number of hydrogen-bond acceptors (Lipinski definition) is 17. The van der Waals surface area contributed by atoms with Crippen LogP contribution in [0.5, 0.6) is 5.75 Å². The Morgan fingerprint density at radius 1 is 1.18 bits per heavy atom. The van der Waals surface area contributed by atoms with Crippen LogP contribution >= 0.6 is 6.72 Å². The predicted octanol–water partition coefficient (Wildman–Crippen LogP) is -0.618. The van der Waals surface area contributed by atoms with Crippen LogP contribution in [-0.2, 0) is 41.6 Å². The number of aromatic amines is 1. The number of H-pyrrole nitrogens is 1. The van der Waals surface area contributed by atoms with E-state index in [9.17, 15) is 34.6 Å². The van der Waals surface area contributed by atoms with E-state index in [-0.39, 0.29) is 30.9 Å². The number of hydrogen-bond donors (Lipinski definition) is 6. The van der Waals surface area contributed by atoms with Gasteiger partial charge in [-0.15, -0.1) is 0 Å². The van der Waals surface area contributed by atoms with Crippen molar-refractivity contribution in [2.45, 2.75) is 62.9 Å². The van der Waals surface area contributed by atoms with E-state index in [1.54, 1.807) is 11.5 Å². The third kappa shape index (κ3) is 7.10. The Kier molecular flexibility index (Phi) is 10.5. The summed E-state index contributed by atoms with van der Waals surface area (Å²) in [5.41, 5.74) is 0.219. The fraction of sp³-hybridized carbons (Fsp3) is 0.464. The minimum atomic E-state index is -4.10. The number of methoxy groups -OCH3 is 1. The van der Waals surface area contributed by atoms with Crippen molar-refractivity contribution in [2.24, 2.45) is 0 Å². The molecule has 2 aliphatic rings. The second-order valence-electron chi connectivity index (χ2n) is 11.4. The lowest BCUT2D eigenvalue weighted by Crippen LogP contribution is -2.40. The molecule has 0 amide bonds. The summed E-state index contributed by atoms with van der Waals surface area (Å²) < 4.78 is 31.2. The molecular weight excluding hydrogens is 703 g/mol. The number of ether oxygens (including phenoxy) is 3. The van der Waals surface area contributed by atoms with Gasteiger partial charge in [0.15, 0.2) is 29.5 Å². The van der Waals surface area contributed by atoms with Gasteiger partial charge in [0.05, 0.1) is 31.3 Å². The molecule has 268 valence electrons. The minimum Gasteiger partial charge on any atom is -0.506 e. The number of rotatable bonds is 13. The summed E-state index contributed by atoms with van der Waals surface area (Å²) in [7, 11) is 1.30. The summed E-state index contributed by atoms with van der Waals surface area (Å²) in [6.45, 7) is -3.42. The van der Waals surface area contributed by atoms with E-state index in [0.29, 0.717) is 34.5 Å². The van der Waals surface area contributed by atoms with Crippen molar-refractivity contribution in [1.82, 2.24) is 34.1 Å². The molecule has 0 radical (unpaired) electrons. The lowest BCUT2D eigenvalue weighted by molar-refractivity contribution is -0.0625. The third-order valence-electron chi connectivity index (χ3n) is 8.33. The average Bonchev–Trinajstić information content (AvgIpc) is 3.79. The Bertz CT molecular complexity index is 2040. The number of imidazole rings is 1. The van der Waals surface area contributed by atoms with Crippen LogP contribution in [0.4, 0.5) is 5.82 Å². The molecule has 6 N–H and O–H groups in total. The molecule has 0 bridgehead atoms. The molecule has 6 heterocycles. The zero-order valence-corrected chi connectivity index (χ0v) is 28.1. The highest BCUT2D eigenvalue weighted by molar-refractivity contribution is 8.07. The van der Waals surface area contributed by atoms with E-state index < -0.39 is 67.6 Å². The highest BCUT2D eigenvalue weighted by Crippen LogP contribution is 2.50. The molecule has 3 unspecified atom stereocenters. The molecular formula is C28H33N8O12PS. The third-order valence-corrected chi connectivity index (χ3v) is 9.89. The zero-order chi connectivity index (χ0) is 35.7. The van der Waals surface area contributed by atoms with E-state index in [4.69, 9.17) is 35.1 Å². The molecule has 22 heteroatoms. The number of aryl methyl sites for hydroxylation is 1. The first-order valence-corrected chi connectivity index (χ1v) is 17.7. The summed E-state index contributed by atoms with van der Waals surface area (Å²) >= 11 is 5.23. The number of aliphatic hydroxyl groups is 2. The molecule has 0 aromatic carbocycles. The van der Waals surface area contributed by atoms with Crippen molar-refractivity contribution in [1.29, 1.82) is 0 Å². The first kappa shape index (κ1) is 35.8. The zero-order valence-electron chi connectivity index (χ0n) is 26.4. The summed E-state index contributed by atoms with van der Waals surface area (Å²) in [5.74, 6) is 0.198. The van der Waals surface area contributed by atoms with Crippen molar-refractivity contribution in [3.63, 3.8) is 0 Å². The van der Waals surface area contributed by atoms with Gasteiger partial charge in [0.2, 0.25) is 0 Å². The number of anilines is 1. The number of aliphatic hydroxyl groups excluding tert-OH is 2. The standard InChI is InChI=1S/C28H33N8O12PS/c1-13-22(41)15(14(8-37)6-29-13)7-30-25-21-26(32-11-31-25)36(12-33-21)20-5-16(39)18(46-20)10-45-49(43,50)48-23-17(9-38)47-27(24(23)44-2)35-4-3-19(40)34-28(35)42/h3-4,6,8,11-12,16-18,20,23-24,27,38-39,41H,5,7,9-10H2,1-2H3,(H,43,50)(H,30,31,32)(H,34,40,42)/t16?,17-,18-,20-,23?,24+,27-,49?/m1/s1. The van der Waals surface area contributed by atoms with Crippen LogP contribution in [0.25, 0.3) is 11.2 Å². The Balaban J connectivity index is 1.11. The van der Waals surface area contributed by atoms with Gasteiger partial charge in [0.25, 0.3) is 5.56 Å². The topological polar surface area (TPSA) is 268 Å². The molecule has 20 nitrogen and oxygen atoms in total. The summed E-state index contributed by atoms with van der Waals surface area (Å²) in [6, 6.07) is 1.11. The normalized spacial score (nSPS) is 26.3. The number of fused-ring (bicyclic) bond motifs is 1. The number of aromatic nitrogens is 7. The summed E-state index contributed by atoms with van der Waals surface area (Å²) in [6.07, 6.45) is -1.26. The molecule has 50 heavy (non-hydrogen) atoms. The van der Waals surface area contributed by atoms with Gasteiger partial charge in [-0.1, -0.05) is 0 Å². The van der Waals surface area contributed by atoms with Crippen molar-refractivity contribution in [2.75, 3.05) is 25.6 Å². The average molecular weight is 737 g/mol. The smallest absolute Gasteiger partial charge is 0.330 e. The van der Waals surface area contributed by atoms with Gasteiger partial charge in [-0.05, 0) is 18.7 Å². The second-order valence-corrected chi connectivity index (χ2v) is 14.2. The van der Waals surface area contributed by atoms with Crippen LogP contribution in [0, 0.1) is 6.92 Å². The lowest BCUT2D eigenvalue weighted by atomic mass is 10.1. The fourth-order valence-corrected chi connectivity index (χ4v) is 7.22. The molecule has 2 saturated heterocycles. The van der Waals surface area contributed by atoms with Gasteiger partial charge in [-0.3, -0.25) is 33.2 Å². The second kappa shape index (κ2) is 14.7. The van der Waals surface area contributed by atoms with Crippen LogP contribution < -0.4 is 16.6 Å². The largest absolute Gasteiger partial charge is 0.506 e. The van der Waals surface area contributed by atoms with E-state index in [1.165, 1.54) is 32.2 Å². The molecule has 2 aliphatic heterocycles. The number of aldehydes is 1. The van der Waals surface area contributed by atoms with E-state index >= 15 is 0 Å². The quantitative estimate of drug-likeness (QED) is 0.0738. The maximum Gasteiger partial charge on any atom is 0.330 e. The van der Waals surface area contributed by atoms with Gasteiger partial charge in [-0.2, -0.15) is 0 Å². The van der Waals surface area contributed by atoms with Crippen molar-refractivity contribution < 1.29 is 48.3 Å². The van der Waals surface area contributed by atoms with Crippen molar-refractivity contribution in [3.8, 4) is 5.75 Å². The van der Waals surface area contributed by atoms with Crippen molar-refractivity contribution in [3.05, 3.63) is 68.8 Å². The molecule has 2 fully saturated rings.